The number of H-pyrrole nitrogens is 1. The molecule has 0 saturated carbocycles. The number of nitrogens with one attached hydrogen (secondary N) is 2. The Bertz CT molecular complexity index is 655. The lowest BCUT2D eigenvalue weighted by Crippen LogP contribution is -2.40. The maximum Gasteiger partial charge on any atom is 0.193 e. The highest BCUT2D eigenvalue weighted by molar-refractivity contribution is 5.80. The summed E-state index contributed by atoms with van der Waals surface area (Å²) in [5.41, 5.74) is 2.46. The highest BCUT2D eigenvalue weighted by Gasteiger charge is 2.15. The topological polar surface area (TPSA) is 52.7 Å². The van der Waals surface area contributed by atoms with E-state index in [4.69, 9.17) is 4.74 Å². The van der Waals surface area contributed by atoms with Gasteiger partial charge in [0.2, 0.25) is 0 Å². The van der Waals surface area contributed by atoms with Crippen molar-refractivity contribution in [3.8, 4) is 0 Å². The number of aliphatic imine (C=N–C) groups is 1. The average molecular weight is 342 g/mol. The number of rotatable bonds is 6. The van der Waals surface area contributed by atoms with Crippen LogP contribution >= 0.6 is 0 Å². The van der Waals surface area contributed by atoms with Gasteiger partial charge in [0, 0.05) is 58.0 Å². The second-order valence-corrected chi connectivity index (χ2v) is 6.87. The van der Waals surface area contributed by atoms with Gasteiger partial charge < -0.3 is 19.9 Å². The number of fused-ring (bicyclic) bond motifs is 1. The van der Waals surface area contributed by atoms with Crippen molar-refractivity contribution in [2.45, 2.75) is 25.7 Å². The van der Waals surface area contributed by atoms with Crippen LogP contribution in [-0.4, -0.2) is 56.2 Å². The van der Waals surface area contributed by atoms with Gasteiger partial charge in [-0.05, 0) is 42.7 Å². The van der Waals surface area contributed by atoms with E-state index in [1.807, 2.05) is 7.05 Å². The van der Waals surface area contributed by atoms with Crippen LogP contribution in [0, 0.1) is 5.92 Å². The van der Waals surface area contributed by atoms with Crippen LogP contribution in [0.3, 0.4) is 0 Å². The number of hydrogen-bond acceptors (Lipinski definition) is 2. The fourth-order valence-electron chi connectivity index (χ4n) is 3.48. The van der Waals surface area contributed by atoms with Crippen molar-refractivity contribution >= 4 is 16.9 Å². The van der Waals surface area contributed by atoms with Gasteiger partial charge in [-0.25, -0.2) is 0 Å². The molecule has 0 aliphatic carbocycles. The Kier molecular flexibility index (Phi) is 6.34. The maximum absolute atomic E-state index is 5.44. The highest BCUT2D eigenvalue weighted by atomic mass is 16.5. The van der Waals surface area contributed by atoms with Gasteiger partial charge in [0.15, 0.2) is 5.96 Å². The Hall–Kier alpha value is -2.01. The fraction of sp³-hybridized carbons (Fsp3) is 0.550. The first-order valence-corrected chi connectivity index (χ1v) is 9.32. The third-order valence-corrected chi connectivity index (χ3v) is 5.05. The molecule has 3 rings (SSSR count). The third kappa shape index (κ3) is 4.98. The van der Waals surface area contributed by atoms with E-state index in [0.29, 0.717) is 0 Å². The van der Waals surface area contributed by atoms with Crippen molar-refractivity contribution in [1.29, 1.82) is 0 Å². The summed E-state index contributed by atoms with van der Waals surface area (Å²) < 4.78 is 5.44. The molecular weight excluding hydrogens is 312 g/mol. The highest BCUT2D eigenvalue weighted by Crippen LogP contribution is 2.18. The minimum atomic E-state index is 0.792. The largest absolute Gasteiger partial charge is 0.381 e. The van der Waals surface area contributed by atoms with Gasteiger partial charge in [0.25, 0.3) is 0 Å². The van der Waals surface area contributed by atoms with Crippen LogP contribution < -0.4 is 5.32 Å². The molecule has 1 fully saturated rings. The number of aromatic nitrogens is 1. The molecule has 1 aromatic carbocycles. The fourth-order valence-corrected chi connectivity index (χ4v) is 3.48. The predicted molar refractivity (Wildman–Crippen MR) is 104 cm³/mol. The lowest BCUT2D eigenvalue weighted by Gasteiger charge is -2.26. The molecule has 0 atom stereocenters. The van der Waals surface area contributed by atoms with Crippen LogP contribution in [0.2, 0.25) is 0 Å². The van der Waals surface area contributed by atoms with Crippen LogP contribution in [0.4, 0.5) is 0 Å². The summed E-state index contributed by atoms with van der Waals surface area (Å²) in [6.07, 6.45) is 4.56. The van der Waals surface area contributed by atoms with Gasteiger partial charge in [-0.1, -0.05) is 18.2 Å². The molecule has 0 bridgehead atoms. The first-order valence-electron chi connectivity index (χ1n) is 9.32. The first-order chi connectivity index (χ1) is 12.3. The van der Waals surface area contributed by atoms with Gasteiger partial charge >= 0.3 is 0 Å². The molecule has 2 heterocycles. The number of nitrogens with zero attached hydrogens (tertiary/aromatic N) is 2. The Labute approximate surface area is 150 Å². The lowest BCUT2D eigenvalue weighted by molar-refractivity contribution is 0.0625. The summed E-state index contributed by atoms with van der Waals surface area (Å²) in [6, 6.07) is 10.6. The monoisotopic (exact) mass is 342 g/mol. The molecule has 5 heteroatoms. The van der Waals surface area contributed by atoms with Gasteiger partial charge in [0.1, 0.15) is 0 Å². The summed E-state index contributed by atoms with van der Waals surface area (Å²) in [5.74, 6) is 1.77. The van der Waals surface area contributed by atoms with Crippen LogP contribution in [0.25, 0.3) is 10.9 Å². The van der Waals surface area contributed by atoms with Crippen LogP contribution in [0.15, 0.2) is 35.3 Å². The zero-order valence-corrected chi connectivity index (χ0v) is 15.4. The second kappa shape index (κ2) is 8.90. The van der Waals surface area contributed by atoms with Gasteiger partial charge in [-0.2, -0.15) is 0 Å². The molecule has 1 aliphatic heterocycles. The predicted octanol–water partition coefficient (Wildman–Crippen LogP) is 3.03. The first kappa shape index (κ1) is 17.8. The number of ether oxygens (including phenoxy) is 1. The minimum Gasteiger partial charge on any atom is -0.381 e. The average Bonchev–Trinajstić information content (AvgIpc) is 3.07. The molecule has 0 spiro atoms. The van der Waals surface area contributed by atoms with E-state index in [-0.39, 0.29) is 0 Å². The maximum atomic E-state index is 5.44. The van der Waals surface area contributed by atoms with E-state index in [1.54, 1.807) is 0 Å². The third-order valence-electron chi connectivity index (χ3n) is 5.05. The Morgan fingerprint density at radius 3 is 2.88 bits per heavy atom. The van der Waals surface area contributed by atoms with Crippen LogP contribution in [-0.2, 0) is 11.2 Å². The van der Waals surface area contributed by atoms with E-state index in [1.165, 1.54) is 35.9 Å². The molecule has 136 valence electrons. The molecule has 0 amide bonds. The summed E-state index contributed by atoms with van der Waals surface area (Å²) in [6.45, 7) is 3.76. The van der Waals surface area contributed by atoms with Crippen LogP contribution in [0.1, 0.15) is 25.0 Å². The lowest BCUT2D eigenvalue weighted by atomic mass is 9.96. The molecule has 5 nitrogen and oxygen atoms in total. The zero-order chi connectivity index (χ0) is 17.5. The molecule has 0 radical (unpaired) electrons. The molecule has 1 aliphatic rings. The Morgan fingerprint density at radius 1 is 1.32 bits per heavy atom. The van der Waals surface area contributed by atoms with Crippen molar-refractivity contribution in [3.63, 3.8) is 0 Å². The molecule has 2 N–H and O–H groups in total. The van der Waals surface area contributed by atoms with E-state index in [0.717, 1.165) is 44.6 Å². The summed E-state index contributed by atoms with van der Waals surface area (Å²) in [4.78, 5) is 10.1. The van der Waals surface area contributed by atoms with Crippen molar-refractivity contribution in [3.05, 3.63) is 36.0 Å². The minimum absolute atomic E-state index is 0.792. The number of hydrogen-bond donors (Lipinski definition) is 2. The standard InChI is InChI=1S/C20H30N4O/c1-21-20(24(2)12-8-16-9-13-25-14-10-16)22-11-7-18-15-17-5-3-4-6-19(17)23-18/h3-6,15-16,23H,7-14H2,1-2H3,(H,21,22). The van der Waals surface area contributed by atoms with Crippen molar-refractivity contribution in [2.24, 2.45) is 10.9 Å². The zero-order valence-electron chi connectivity index (χ0n) is 15.4. The van der Waals surface area contributed by atoms with E-state index in [9.17, 15) is 0 Å². The summed E-state index contributed by atoms with van der Waals surface area (Å²) >= 11 is 0. The van der Waals surface area contributed by atoms with Crippen molar-refractivity contribution in [1.82, 2.24) is 15.2 Å². The SMILES string of the molecule is CN=C(NCCc1cc2ccccc2[nH]1)N(C)CCC1CCOCC1. The van der Waals surface area contributed by atoms with Gasteiger partial charge in [-0.3, -0.25) is 4.99 Å². The van der Waals surface area contributed by atoms with Crippen LogP contribution in [0.5, 0.6) is 0 Å². The van der Waals surface area contributed by atoms with Crippen molar-refractivity contribution < 1.29 is 4.74 Å². The molecule has 1 saturated heterocycles. The van der Waals surface area contributed by atoms with Crippen molar-refractivity contribution in [2.75, 3.05) is 40.4 Å². The molecule has 0 unspecified atom stereocenters. The number of benzene rings is 1. The Balaban J connectivity index is 1.43. The van der Waals surface area contributed by atoms with E-state index < -0.39 is 0 Å². The number of aromatic amines is 1. The second-order valence-electron chi connectivity index (χ2n) is 6.87. The van der Waals surface area contributed by atoms with E-state index >= 15 is 0 Å². The quantitative estimate of drug-likeness (QED) is 0.627. The molecule has 25 heavy (non-hydrogen) atoms. The summed E-state index contributed by atoms with van der Waals surface area (Å²) in [7, 11) is 3.98. The number of para-hydroxylation sites is 1. The molecular formula is C20H30N4O. The molecule has 1 aromatic heterocycles. The van der Waals surface area contributed by atoms with E-state index in [2.05, 4.69) is 57.6 Å². The van der Waals surface area contributed by atoms with Gasteiger partial charge in [0.05, 0.1) is 0 Å². The molecule has 2 aromatic rings. The number of guanidine groups is 1. The van der Waals surface area contributed by atoms with Gasteiger partial charge in [-0.15, -0.1) is 0 Å². The summed E-state index contributed by atoms with van der Waals surface area (Å²) in [5, 5.41) is 4.75. The Morgan fingerprint density at radius 2 is 2.12 bits per heavy atom. The smallest absolute Gasteiger partial charge is 0.193 e. The normalized spacial score (nSPS) is 16.3.